The maximum atomic E-state index is 14.0. The van der Waals surface area contributed by atoms with Gasteiger partial charge in [-0.15, -0.1) is 0 Å². The highest BCUT2D eigenvalue weighted by Gasteiger charge is 2.21. The van der Waals surface area contributed by atoms with Crippen LogP contribution in [0.15, 0.2) is 77.7 Å². The number of fused-ring (bicyclic) bond motifs is 5. The van der Waals surface area contributed by atoms with Crippen molar-refractivity contribution in [3.05, 3.63) is 94.4 Å². The van der Waals surface area contributed by atoms with Crippen LogP contribution in [0.2, 0.25) is 0 Å². The summed E-state index contributed by atoms with van der Waals surface area (Å²) in [6.07, 6.45) is 1.61. The minimum Gasteiger partial charge on any atom is -0.383 e. The van der Waals surface area contributed by atoms with Crippen molar-refractivity contribution in [1.29, 1.82) is 0 Å². The summed E-state index contributed by atoms with van der Waals surface area (Å²) < 4.78 is 8.87. The molecule has 4 heterocycles. The van der Waals surface area contributed by atoms with Crippen molar-refractivity contribution in [2.45, 2.75) is 13.8 Å². The molecule has 0 aliphatic carbocycles. The van der Waals surface area contributed by atoms with Gasteiger partial charge in [-0.2, -0.15) is 4.98 Å². The molecule has 1 aliphatic heterocycles. The third kappa shape index (κ3) is 4.88. The summed E-state index contributed by atoms with van der Waals surface area (Å²) >= 11 is 0. The van der Waals surface area contributed by atoms with Gasteiger partial charge in [0, 0.05) is 57.4 Å². The van der Waals surface area contributed by atoms with E-state index < -0.39 is 0 Å². The van der Waals surface area contributed by atoms with Gasteiger partial charge in [0.05, 0.1) is 23.3 Å². The Morgan fingerprint density at radius 1 is 0.884 bits per heavy atom. The molecule has 0 spiro atoms. The molecular formula is C33H34N8O2. The van der Waals surface area contributed by atoms with E-state index in [4.69, 9.17) is 14.7 Å². The molecule has 0 atom stereocenters. The number of nitrogens with one attached hydrogen (secondary N) is 1. The fourth-order valence-electron chi connectivity index (χ4n) is 6.03. The molecule has 7 rings (SSSR count). The molecule has 0 radical (unpaired) electrons. The molecular weight excluding hydrogens is 540 g/mol. The Bertz CT molecular complexity index is 1990. The van der Waals surface area contributed by atoms with Gasteiger partial charge in [0.15, 0.2) is 5.65 Å². The van der Waals surface area contributed by atoms with Crippen LogP contribution >= 0.6 is 0 Å². The van der Waals surface area contributed by atoms with Gasteiger partial charge in [-0.25, -0.2) is 14.5 Å². The van der Waals surface area contributed by atoms with Gasteiger partial charge >= 0.3 is 0 Å². The molecule has 1 aliphatic rings. The van der Waals surface area contributed by atoms with E-state index in [9.17, 15) is 4.79 Å². The number of anilines is 3. The molecule has 0 saturated carbocycles. The molecule has 218 valence electrons. The van der Waals surface area contributed by atoms with Crippen LogP contribution in [-0.2, 0) is 4.74 Å². The fourth-order valence-corrected chi connectivity index (χ4v) is 6.03. The minimum absolute atomic E-state index is 0.201. The Morgan fingerprint density at radius 2 is 1.63 bits per heavy atom. The third-order valence-corrected chi connectivity index (χ3v) is 8.29. The standard InChI is InChI=1S/C33H34N8O2/c1-22-7-6-8-23(2)29(22)41-31(42)26-21-34-32(37-30(26)40-28-10-5-4-9-27(28)36-33(40)41)35-24-11-13-25(14-12-24)39-17-15-38(16-18-39)19-20-43-3/h4-14,21H,15-20H2,1-3H3,(H,34,35,37). The highest BCUT2D eigenvalue weighted by molar-refractivity contribution is 5.88. The maximum Gasteiger partial charge on any atom is 0.270 e. The lowest BCUT2D eigenvalue weighted by molar-refractivity contribution is 0.144. The smallest absolute Gasteiger partial charge is 0.270 e. The maximum absolute atomic E-state index is 14.0. The summed E-state index contributed by atoms with van der Waals surface area (Å²) in [5.74, 6) is 0.933. The van der Waals surface area contributed by atoms with E-state index >= 15 is 0 Å². The fraction of sp³-hybridized carbons (Fsp3) is 0.273. The van der Waals surface area contributed by atoms with Gasteiger partial charge in [-0.3, -0.25) is 14.1 Å². The number of para-hydroxylation sites is 3. The van der Waals surface area contributed by atoms with Crippen molar-refractivity contribution in [2.24, 2.45) is 0 Å². The molecule has 3 aromatic heterocycles. The molecule has 10 heteroatoms. The van der Waals surface area contributed by atoms with Crippen LogP contribution in [0.3, 0.4) is 0 Å². The van der Waals surface area contributed by atoms with Crippen molar-refractivity contribution in [1.82, 2.24) is 28.8 Å². The second-order valence-corrected chi connectivity index (χ2v) is 11.0. The predicted molar refractivity (Wildman–Crippen MR) is 171 cm³/mol. The van der Waals surface area contributed by atoms with Crippen LogP contribution in [-0.4, -0.2) is 75.3 Å². The van der Waals surface area contributed by atoms with Crippen LogP contribution in [0, 0.1) is 13.8 Å². The Kier molecular flexibility index (Phi) is 7.00. The van der Waals surface area contributed by atoms with Crippen molar-refractivity contribution in [3.8, 4) is 5.69 Å². The average molecular weight is 575 g/mol. The zero-order valence-corrected chi connectivity index (χ0v) is 24.6. The highest BCUT2D eigenvalue weighted by Crippen LogP contribution is 2.27. The largest absolute Gasteiger partial charge is 0.383 e. The van der Waals surface area contributed by atoms with Gasteiger partial charge in [0.25, 0.3) is 5.56 Å². The average Bonchev–Trinajstić information content (AvgIpc) is 3.41. The Labute approximate surface area is 249 Å². The van der Waals surface area contributed by atoms with E-state index in [0.717, 1.165) is 72.9 Å². The van der Waals surface area contributed by atoms with Crippen molar-refractivity contribution >= 4 is 45.2 Å². The molecule has 0 amide bonds. The summed E-state index contributed by atoms with van der Waals surface area (Å²) in [5, 5.41) is 3.76. The van der Waals surface area contributed by atoms with Crippen LogP contribution < -0.4 is 15.8 Å². The summed E-state index contributed by atoms with van der Waals surface area (Å²) in [7, 11) is 1.75. The summed E-state index contributed by atoms with van der Waals surface area (Å²) in [5.41, 5.74) is 6.85. The van der Waals surface area contributed by atoms with E-state index in [1.54, 1.807) is 17.9 Å². The number of aryl methyl sites for hydroxylation is 2. The van der Waals surface area contributed by atoms with E-state index in [2.05, 4.69) is 32.2 Å². The number of aromatic nitrogens is 5. The van der Waals surface area contributed by atoms with Crippen LogP contribution in [0.25, 0.3) is 33.5 Å². The minimum atomic E-state index is -0.201. The molecule has 43 heavy (non-hydrogen) atoms. The quantitative estimate of drug-likeness (QED) is 0.293. The Morgan fingerprint density at radius 3 is 2.37 bits per heavy atom. The van der Waals surface area contributed by atoms with E-state index in [0.29, 0.717) is 22.8 Å². The number of piperazine rings is 1. The lowest BCUT2D eigenvalue weighted by atomic mass is 10.1. The van der Waals surface area contributed by atoms with Crippen LogP contribution in [0.4, 0.5) is 17.3 Å². The highest BCUT2D eigenvalue weighted by atomic mass is 16.5. The monoisotopic (exact) mass is 574 g/mol. The predicted octanol–water partition coefficient (Wildman–Crippen LogP) is 4.71. The van der Waals surface area contributed by atoms with Gasteiger partial charge in [-0.1, -0.05) is 30.3 Å². The number of rotatable bonds is 7. The van der Waals surface area contributed by atoms with Gasteiger partial charge in [0.2, 0.25) is 11.7 Å². The second kappa shape index (κ2) is 11.1. The number of hydrogen-bond donors (Lipinski definition) is 1. The molecule has 6 aromatic rings. The summed E-state index contributed by atoms with van der Waals surface area (Å²) in [6, 6.07) is 22.2. The van der Waals surface area contributed by atoms with Gasteiger partial charge in [0.1, 0.15) is 5.39 Å². The summed E-state index contributed by atoms with van der Waals surface area (Å²) in [6.45, 7) is 9.78. The number of imidazole rings is 1. The Balaban J connectivity index is 1.25. The van der Waals surface area contributed by atoms with E-state index in [-0.39, 0.29) is 5.56 Å². The molecule has 1 saturated heterocycles. The zero-order chi connectivity index (χ0) is 29.5. The number of hydrogen-bond acceptors (Lipinski definition) is 8. The number of benzene rings is 3. The van der Waals surface area contributed by atoms with E-state index in [1.807, 2.05) is 72.8 Å². The third-order valence-electron chi connectivity index (χ3n) is 8.29. The summed E-state index contributed by atoms with van der Waals surface area (Å²) in [4.78, 5) is 33.2. The lowest BCUT2D eigenvalue weighted by Crippen LogP contribution is -2.47. The molecule has 3 aromatic carbocycles. The first-order valence-corrected chi connectivity index (χ1v) is 14.6. The molecule has 10 nitrogen and oxygen atoms in total. The number of methoxy groups -OCH3 is 1. The van der Waals surface area contributed by atoms with Gasteiger partial charge < -0.3 is 15.0 Å². The molecule has 0 bridgehead atoms. The first kappa shape index (κ1) is 27.1. The SMILES string of the molecule is COCCN1CCN(c2ccc(Nc3ncc4c(=O)n(-c5c(C)cccc5C)c5nc6ccccc6n5c4n3)cc2)CC1. The molecule has 1 N–H and O–H groups in total. The second-order valence-electron chi connectivity index (χ2n) is 11.0. The first-order chi connectivity index (χ1) is 21.0. The van der Waals surface area contributed by atoms with Crippen molar-refractivity contribution < 1.29 is 4.74 Å². The van der Waals surface area contributed by atoms with Crippen LogP contribution in [0.1, 0.15) is 11.1 Å². The zero-order valence-electron chi connectivity index (χ0n) is 24.6. The van der Waals surface area contributed by atoms with E-state index in [1.165, 1.54) is 5.69 Å². The lowest BCUT2D eigenvalue weighted by Gasteiger charge is -2.36. The topological polar surface area (TPSA) is 92.8 Å². The number of nitrogens with zero attached hydrogens (tertiary/aromatic N) is 7. The van der Waals surface area contributed by atoms with Crippen molar-refractivity contribution in [3.63, 3.8) is 0 Å². The molecule has 0 unspecified atom stereocenters. The number of ether oxygens (including phenoxy) is 1. The van der Waals surface area contributed by atoms with Crippen molar-refractivity contribution in [2.75, 3.05) is 56.7 Å². The molecule has 1 fully saturated rings. The van der Waals surface area contributed by atoms with Gasteiger partial charge in [-0.05, 0) is 61.4 Å². The Hall–Kier alpha value is -4.80. The van der Waals surface area contributed by atoms with Crippen LogP contribution in [0.5, 0.6) is 0 Å². The first-order valence-electron chi connectivity index (χ1n) is 14.6. The normalized spacial score (nSPS) is 14.3.